The number of rotatable bonds is 6. The van der Waals surface area contributed by atoms with Gasteiger partial charge in [-0.3, -0.25) is 0 Å². The summed E-state index contributed by atoms with van der Waals surface area (Å²) in [5, 5.41) is 0. The molecular weight excluding hydrogens is 250 g/mol. The van der Waals surface area contributed by atoms with E-state index < -0.39 is 0 Å². The molecule has 0 radical (unpaired) electrons. The number of fused-ring (bicyclic) bond motifs is 1. The van der Waals surface area contributed by atoms with Gasteiger partial charge in [-0.2, -0.15) is 0 Å². The third kappa shape index (κ3) is 3.35. The van der Waals surface area contributed by atoms with Crippen molar-refractivity contribution in [2.24, 2.45) is 0 Å². The Morgan fingerprint density at radius 1 is 1.15 bits per heavy atom. The smallest absolute Gasteiger partial charge is 0.122 e. The van der Waals surface area contributed by atoms with Crippen LogP contribution in [0.5, 0.6) is 11.5 Å². The van der Waals surface area contributed by atoms with Crippen LogP contribution in [0.1, 0.15) is 24.8 Å². The fourth-order valence-corrected chi connectivity index (χ4v) is 2.53. The third-order valence-corrected chi connectivity index (χ3v) is 3.63. The van der Waals surface area contributed by atoms with E-state index in [0.29, 0.717) is 0 Å². The second-order valence-electron chi connectivity index (χ2n) is 5.20. The van der Waals surface area contributed by atoms with Gasteiger partial charge in [-0.05, 0) is 61.6 Å². The van der Waals surface area contributed by atoms with Crippen molar-refractivity contribution in [3.05, 3.63) is 48.3 Å². The van der Waals surface area contributed by atoms with Gasteiger partial charge in [0.2, 0.25) is 0 Å². The molecule has 2 aromatic rings. The van der Waals surface area contributed by atoms with Crippen LogP contribution in [0.25, 0.3) is 0 Å². The fraction of sp³-hybridized carbons (Fsp3) is 0.412. The van der Waals surface area contributed by atoms with Crippen molar-refractivity contribution in [2.75, 3.05) is 13.2 Å². The average molecular weight is 271 g/mol. The van der Waals surface area contributed by atoms with E-state index in [-0.39, 0.29) is 0 Å². The molecule has 0 fully saturated rings. The number of hydrogen-bond donors (Lipinski definition) is 0. The molecule has 2 heterocycles. The minimum Gasteiger partial charge on any atom is -0.494 e. The standard InChI is InChI=1S/C17H21NO2/c1-2-10-18(9-1)11-3-4-12-19-16-7-8-17-15(14-16)6-5-13-20-17/h1-2,7-10,14H,3-6,11-13H2. The van der Waals surface area contributed by atoms with Crippen molar-refractivity contribution < 1.29 is 9.47 Å². The molecule has 0 saturated carbocycles. The van der Waals surface area contributed by atoms with E-state index in [1.54, 1.807) is 0 Å². The first kappa shape index (κ1) is 13.1. The van der Waals surface area contributed by atoms with Crippen LogP contribution in [0.2, 0.25) is 0 Å². The number of hydrogen-bond acceptors (Lipinski definition) is 2. The summed E-state index contributed by atoms with van der Waals surface area (Å²) in [6, 6.07) is 10.3. The molecule has 0 saturated heterocycles. The SMILES string of the molecule is c1ccn(CCCCOc2ccc3c(c2)CCCO3)c1. The van der Waals surface area contributed by atoms with Gasteiger partial charge in [0.1, 0.15) is 11.5 Å². The Kier molecular flexibility index (Phi) is 4.26. The molecule has 1 aromatic heterocycles. The highest BCUT2D eigenvalue weighted by atomic mass is 16.5. The molecule has 3 rings (SSSR count). The van der Waals surface area contributed by atoms with E-state index in [4.69, 9.17) is 9.47 Å². The van der Waals surface area contributed by atoms with Crippen LogP contribution in [0.3, 0.4) is 0 Å². The monoisotopic (exact) mass is 271 g/mol. The summed E-state index contributed by atoms with van der Waals surface area (Å²) in [5.41, 5.74) is 1.28. The summed E-state index contributed by atoms with van der Waals surface area (Å²) in [6.07, 6.45) is 8.62. The fourth-order valence-electron chi connectivity index (χ4n) is 2.53. The second kappa shape index (κ2) is 6.51. The largest absolute Gasteiger partial charge is 0.494 e. The molecule has 0 N–H and O–H groups in total. The lowest BCUT2D eigenvalue weighted by molar-refractivity contribution is 0.282. The zero-order valence-corrected chi connectivity index (χ0v) is 11.8. The van der Waals surface area contributed by atoms with Gasteiger partial charge in [0, 0.05) is 18.9 Å². The first-order valence-corrected chi connectivity index (χ1v) is 7.41. The van der Waals surface area contributed by atoms with Crippen LogP contribution in [0.4, 0.5) is 0 Å². The van der Waals surface area contributed by atoms with Crippen LogP contribution >= 0.6 is 0 Å². The molecule has 1 aromatic carbocycles. The maximum atomic E-state index is 5.83. The zero-order valence-electron chi connectivity index (χ0n) is 11.8. The number of unbranched alkanes of at least 4 members (excludes halogenated alkanes) is 1. The van der Waals surface area contributed by atoms with Gasteiger partial charge in [-0.25, -0.2) is 0 Å². The van der Waals surface area contributed by atoms with Crippen LogP contribution in [-0.4, -0.2) is 17.8 Å². The lowest BCUT2D eigenvalue weighted by Gasteiger charge is -2.18. The van der Waals surface area contributed by atoms with Crippen molar-refractivity contribution >= 4 is 0 Å². The molecule has 3 heteroatoms. The number of ether oxygens (including phenoxy) is 2. The third-order valence-electron chi connectivity index (χ3n) is 3.63. The molecule has 0 aliphatic carbocycles. The van der Waals surface area contributed by atoms with Crippen molar-refractivity contribution in [2.45, 2.75) is 32.2 Å². The molecule has 20 heavy (non-hydrogen) atoms. The lowest BCUT2D eigenvalue weighted by Crippen LogP contribution is -2.08. The van der Waals surface area contributed by atoms with Crippen LogP contribution in [0, 0.1) is 0 Å². The summed E-state index contributed by atoms with van der Waals surface area (Å²) in [4.78, 5) is 0. The summed E-state index contributed by atoms with van der Waals surface area (Å²) in [6.45, 7) is 2.68. The highest BCUT2D eigenvalue weighted by Crippen LogP contribution is 2.28. The second-order valence-corrected chi connectivity index (χ2v) is 5.20. The van der Waals surface area contributed by atoms with Crippen molar-refractivity contribution in [3.63, 3.8) is 0 Å². The van der Waals surface area contributed by atoms with E-state index in [9.17, 15) is 0 Å². The Hall–Kier alpha value is -1.90. The molecule has 3 nitrogen and oxygen atoms in total. The Labute approximate surface area is 120 Å². The molecular formula is C17H21NO2. The molecule has 106 valence electrons. The molecule has 0 amide bonds. The Balaban J connectivity index is 1.42. The number of aryl methyl sites for hydroxylation is 2. The van der Waals surface area contributed by atoms with Gasteiger partial charge in [-0.15, -0.1) is 0 Å². The molecule has 0 bridgehead atoms. The van der Waals surface area contributed by atoms with Gasteiger partial charge < -0.3 is 14.0 Å². The Morgan fingerprint density at radius 2 is 2.05 bits per heavy atom. The van der Waals surface area contributed by atoms with E-state index in [2.05, 4.69) is 35.2 Å². The molecule has 0 spiro atoms. The van der Waals surface area contributed by atoms with E-state index in [1.807, 2.05) is 12.1 Å². The predicted octanol–water partition coefficient (Wildman–Crippen LogP) is 3.67. The van der Waals surface area contributed by atoms with Crippen LogP contribution in [0.15, 0.2) is 42.7 Å². The van der Waals surface area contributed by atoms with Gasteiger partial charge in [0.15, 0.2) is 0 Å². The Bertz CT molecular complexity index is 534. The maximum absolute atomic E-state index is 5.83. The maximum Gasteiger partial charge on any atom is 0.122 e. The summed E-state index contributed by atoms with van der Waals surface area (Å²) < 4.78 is 13.6. The quantitative estimate of drug-likeness (QED) is 0.748. The first-order chi connectivity index (χ1) is 9.92. The van der Waals surface area contributed by atoms with Crippen molar-refractivity contribution in [3.8, 4) is 11.5 Å². The van der Waals surface area contributed by atoms with Gasteiger partial charge in [-0.1, -0.05) is 0 Å². The normalized spacial score (nSPS) is 13.6. The number of aromatic nitrogens is 1. The molecule has 1 aliphatic heterocycles. The summed E-state index contributed by atoms with van der Waals surface area (Å²) in [5.74, 6) is 1.99. The number of benzene rings is 1. The summed E-state index contributed by atoms with van der Waals surface area (Å²) in [7, 11) is 0. The van der Waals surface area contributed by atoms with Crippen LogP contribution < -0.4 is 9.47 Å². The Morgan fingerprint density at radius 3 is 2.95 bits per heavy atom. The topological polar surface area (TPSA) is 23.4 Å². The van der Waals surface area contributed by atoms with Gasteiger partial charge in [0.05, 0.1) is 13.2 Å². The van der Waals surface area contributed by atoms with E-state index in [1.165, 1.54) is 5.56 Å². The molecule has 1 aliphatic rings. The molecule has 0 atom stereocenters. The number of nitrogens with zero attached hydrogens (tertiary/aromatic N) is 1. The first-order valence-electron chi connectivity index (χ1n) is 7.41. The minimum absolute atomic E-state index is 0.779. The zero-order chi connectivity index (χ0) is 13.6. The van der Waals surface area contributed by atoms with E-state index in [0.717, 1.165) is 56.9 Å². The van der Waals surface area contributed by atoms with Crippen LogP contribution in [-0.2, 0) is 13.0 Å². The minimum atomic E-state index is 0.779. The summed E-state index contributed by atoms with van der Waals surface area (Å²) >= 11 is 0. The van der Waals surface area contributed by atoms with Gasteiger partial charge in [0.25, 0.3) is 0 Å². The lowest BCUT2D eigenvalue weighted by atomic mass is 10.1. The predicted molar refractivity (Wildman–Crippen MR) is 79.4 cm³/mol. The highest BCUT2D eigenvalue weighted by molar-refractivity contribution is 5.41. The highest BCUT2D eigenvalue weighted by Gasteiger charge is 2.10. The van der Waals surface area contributed by atoms with E-state index >= 15 is 0 Å². The molecule has 0 unspecified atom stereocenters. The van der Waals surface area contributed by atoms with Crippen molar-refractivity contribution in [1.82, 2.24) is 4.57 Å². The van der Waals surface area contributed by atoms with Gasteiger partial charge >= 0.3 is 0 Å². The average Bonchev–Trinajstić information content (AvgIpc) is 3.00. The van der Waals surface area contributed by atoms with Crippen molar-refractivity contribution in [1.29, 1.82) is 0 Å².